The van der Waals surface area contributed by atoms with Crippen LogP contribution >= 0.6 is 12.2 Å². The molecular formula is C14H23N3S. The van der Waals surface area contributed by atoms with Gasteiger partial charge in [0.2, 0.25) is 0 Å². The largest absolute Gasteiger partial charge is 0.392 e. The van der Waals surface area contributed by atoms with E-state index < -0.39 is 0 Å². The number of aryl methyl sites for hydroxylation is 1. The molecule has 1 atom stereocenters. The zero-order chi connectivity index (χ0) is 13.4. The quantitative estimate of drug-likeness (QED) is 0.708. The van der Waals surface area contributed by atoms with Crippen LogP contribution in [0.25, 0.3) is 0 Å². The second-order valence-electron chi connectivity index (χ2n) is 4.56. The van der Waals surface area contributed by atoms with Crippen LogP contribution in [0.2, 0.25) is 0 Å². The molecule has 0 aliphatic rings. The standard InChI is InChI=1S/C14H23N3S/c1-3-5-11-6-7-16-13(8-11)9-12(4-2)17-10-14(15)18/h6-8,12,17H,3-5,9-10H2,1-2H3,(H2,15,18). The number of hydrogen-bond acceptors (Lipinski definition) is 3. The van der Waals surface area contributed by atoms with Crippen LogP contribution < -0.4 is 11.1 Å². The Morgan fingerprint density at radius 1 is 1.50 bits per heavy atom. The Kier molecular flexibility index (Phi) is 6.83. The van der Waals surface area contributed by atoms with Crippen LogP contribution in [0.5, 0.6) is 0 Å². The highest BCUT2D eigenvalue weighted by Crippen LogP contribution is 2.08. The van der Waals surface area contributed by atoms with Crippen LogP contribution in [0.4, 0.5) is 0 Å². The fourth-order valence-electron chi connectivity index (χ4n) is 1.94. The molecule has 3 nitrogen and oxygen atoms in total. The number of nitrogens with one attached hydrogen (secondary N) is 1. The molecule has 1 aromatic rings. The summed E-state index contributed by atoms with van der Waals surface area (Å²) in [5, 5.41) is 3.36. The number of thiocarbonyl (C=S) groups is 1. The summed E-state index contributed by atoms with van der Waals surface area (Å²) in [6.45, 7) is 4.95. The van der Waals surface area contributed by atoms with Crippen LogP contribution in [0.3, 0.4) is 0 Å². The van der Waals surface area contributed by atoms with Gasteiger partial charge in [0.15, 0.2) is 0 Å². The summed E-state index contributed by atoms with van der Waals surface area (Å²) >= 11 is 4.88. The van der Waals surface area contributed by atoms with Gasteiger partial charge in [-0.05, 0) is 30.5 Å². The van der Waals surface area contributed by atoms with Gasteiger partial charge in [-0.15, -0.1) is 0 Å². The summed E-state index contributed by atoms with van der Waals surface area (Å²) in [6, 6.07) is 4.68. The van der Waals surface area contributed by atoms with Gasteiger partial charge in [-0.25, -0.2) is 0 Å². The summed E-state index contributed by atoms with van der Waals surface area (Å²) in [5.74, 6) is 0. The minimum Gasteiger partial charge on any atom is -0.392 e. The van der Waals surface area contributed by atoms with E-state index in [9.17, 15) is 0 Å². The van der Waals surface area contributed by atoms with E-state index in [1.54, 1.807) is 0 Å². The molecule has 0 spiro atoms. The Morgan fingerprint density at radius 3 is 2.89 bits per heavy atom. The van der Waals surface area contributed by atoms with Crippen molar-refractivity contribution in [2.75, 3.05) is 6.54 Å². The third kappa shape index (κ3) is 5.56. The Morgan fingerprint density at radius 2 is 2.28 bits per heavy atom. The third-order valence-corrected chi connectivity index (χ3v) is 3.08. The first-order chi connectivity index (χ1) is 8.65. The molecule has 0 aromatic carbocycles. The van der Waals surface area contributed by atoms with Gasteiger partial charge in [0.05, 0.1) is 4.99 Å². The van der Waals surface area contributed by atoms with Crippen LogP contribution in [0.1, 0.15) is 37.9 Å². The van der Waals surface area contributed by atoms with E-state index in [2.05, 4.69) is 36.3 Å². The molecule has 0 saturated heterocycles. The molecule has 0 radical (unpaired) electrons. The Hall–Kier alpha value is -1.00. The smallest absolute Gasteiger partial charge is 0.0867 e. The van der Waals surface area contributed by atoms with Gasteiger partial charge in [0.1, 0.15) is 0 Å². The van der Waals surface area contributed by atoms with Crippen LogP contribution in [-0.2, 0) is 12.8 Å². The summed E-state index contributed by atoms with van der Waals surface area (Å²) in [5.41, 5.74) is 8.02. The first kappa shape index (κ1) is 15.1. The topological polar surface area (TPSA) is 50.9 Å². The number of nitrogens with two attached hydrogens (primary N) is 1. The highest BCUT2D eigenvalue weighted by Gasteiger charge is 2.08. The number of aromatic nitrogens is 1. The van der Waals surface area contributed by atoms with Crippen molar-refractivity contribution in [1.29, 1.82) is 0 Å². The molecule has 3 N–H and O–H groups in total. The van der Waals surface area contributed by atoms with Crippen molar-refractivity contribution in [2.45, 2.75) is 45.6 Å². The van der Waals surface area contributed by atoms with Gasteiger partial charge >= 0.3 is 0 Å². The SMILES string of the molecule is CCCc1ccnc(CC(CC)NCC(N)=S)c1. The Balaban J connectivity index is 2.57. The Labute approximate surface area is 115 Å². The molecule has 1 heterocycles. The molecule has 0 aliphatic heterocycles. The summed E-state index contributed by atoms with van der Waals surface area (Å²) in [4.78, 5) is 4.95. The maximum atomic E-state index is 5.51. The first-order valence-corrected chi connectivity index (χ1v) is 7.02. The molecular weight excluding hydrogens is 242 g/mol. The average Bonchev–Trinajstić information content (AvgIpc) is 2.35. The lowest BCUT2D eigenvalue weighted by Gasteiger charge is -2.16. The summed E-state index contributed by atoms with van der Waals surface area (Å²) in [6.07, 6.45) is 6.16. The monoisotopic (exact) mass is 265 g/mol. The number of pyridine rings is 1. The summed E-state index contributed by atoms with van der Waals surface area (Å²) in [7, 11) is 0. The normalized spacial score (nSPS) is 12.3. The van der Waals surface area contributed by atoms with Crippen molar-refractivity contribution in [1.82, 2.24) is 10.3 Å². The molecule has 0 bridgehead atoms. The highest BCUT2D eigenvalue weighted by atomic mass is 32.1. The molecule has 0 fully saturated rings. The minimum atomic E-state index is 0.385. The molecule has 4 heteroatoms. The van der Waals surface area contributed by atoms with E-state index in [0.29, 0.717) is 17.6 Å². The van der Waals surface area contributed by atoms with Gasteiger partial charge in [-0.2, -0.15) is 0 Å². The lowest BCUT2D eigenvalue weighted by atomic mass is 10.1. The molecule has 1 rings (SSSR count). The maximum absolute atomic E-state index is 5.51. The first-order valence-electron chi connectivity index (χ1n) is 6.61. The van der Waals surface area contributed by atoms with E-state index >= 15 is 0 Å². The molecule has 0 saturated carbocycles. The van der Waals surface area contributed by atoms with Crippen LogP contribution in [0, 0.1) is 0 Å². The molecule has 100 valence electrons. The van der Waals surface area contributed by atoms with Crippen molar-refractivity contribution < 1.29 is 0 Å². The second-order valence-corrected chi connectivity index (χ2v) is 5.09. The lowest BCUT2D eigenvalue weighted by molar-refractivity contribution is 0.523. The van der Waals surface area contributed by atoms with Gasteiger partial charge in [-0.3, -0.25) is 4.98 Å². The average molecular weight is 265 g/mol. The van der Waals surface area contributed by atoms with Crippen LogP contribution in [-0.4, -0.2) is 22.6 Å². The molecule has 1 unspecified atom stereocenters. The van der Waals surface area contributed by atoms with Crippen molar-refractivity contribution in [3.05, 3.63) is 29.6 Å². The van der Waals surface area contributed by atoms with Gasteiger partial charge < -0.3 is 11.1 Å². The van der Waals surface area contributed by atoms with E-state index in [1.165, 1.54) is 12.0 Å². The van der Waals surface area contributed by atoms with E-state index in [0.717, 1.165) is 25.0 Å². The maximum Gasteiger partial charge on any atom is 0.0867 e. The van der Waals surface area contributed by atoms with Crippen molar-refractivity contribution in [2.24, 2.45) is 5.73 Å². The third-order valence-electron chi connectivity index (χ3n) is 2.93. The highest BCUT2D eigenvalue weighted by molar-refractivity contribution is 7.80. The van der Waals surface area contributed by atoms with E-state index in [4.69, 9.17) is 18.0 Å². The number of hydrogen-bond donors (Lipinski definition) is 2. The molecule has 1 aromatic heterocycles. The Bertz CT molecular complexity index is 379. The van der Waals surface area contributed by atoms with Crippen molar-refractivity contribution >= 4 is 17.2 Å². The number of rotatable bonds is 8. The van der Waals surface area contributed by atoms with Crippen LogP contribution in [0.15, 0.2) is 18.3 Å². The fraction of sp³-hybridized carbons (Fsp3) is 0.571. The predicted octanol–water partition coefficient (Wildman–Crippen LogP) is 2.23. The summed E-state index contributed by atoms with van der Waals surface area (Å²) < 4.78 is 0. The zero-order valence-corrected chi connectivity index (χ0v) is 12.1. The molecule has 18 heavy (non-hydrogen) atoms. The van der Waals surface area contributed by atoms with E-state index in [-0.39, 0.29) is 0 Å². The fourth-order valence-corrected chi connectivity index (χ4v) is 2.03. The number of nitrogens with zero attached hydrogens (tertiary/aromatic N) is 1. The van der Waals surface area contributed by atoms with Gasteiger partial charge in [0, 0.05) is 30.9 Å². The molecule has 0 amide bonds. The van der Waals surface area contributed by atoms with Crippen molar-refractivity contribution in [3.8, 4) is 0 Å². The van der Waals surface area contributed by atoms with E-state index in [1.807, 2.05) is 6.20 Å². The predicted molar refractivity (Wildman–Crippen MR) is 80.8 cm³/mol. The zero-order valence-electron chi connectivity index (χ0n) is 11.3. The lowest BCUT2D eigenvalue weighted by Crippen LogP contribution is -2.36. The van der Waals surface area contributed by atoms with Gasteiger partial charge in [-0.1, -0.05) is 32.5 Å². The molecule has 0 aliphatic carbocycles. The second kappa shape index (κ2) is 8.16. The van der Waals surface area contributed by atoms with Crippen molar-refractivity contribution in [3.63, 3.8) is 0 Å². The minimum absolute atomic E-state index is 0.385. The van der Waals surface area contributed by atoms with Gasteiger partial charge in [0.25, 0.3) is 0 Å².